The standard InChI is InChI=1S/C24H25N3O3/c1-26-9-4-10-27(12-11-26)24(28)19-16-21(25-20-6-3-2-5-18(19)20)17-7-8-22-23(15-17)30-14-13-29-22/h2-3,5-8,15-16H,4,9-14H2,1H3. The summed E-state index contributed by atoms with van der Waals surface area (Å²) in [5.41, 5.74) is 3.20. The fraction of sp³-hybridized carbons (Fsp3) is 0.333. The third-order valence-electron chi connectivity index (χ3n) is 5.79. The van der Waals surface area contributed by atoms with Crippen LogP contribution in [0.2, 0.25) is 0 Å². The first-order chi connectivity index (χ1) is 14.7. The van der Waals surface area contributed by atoms with E-state index < -0.39 is 0 Å². The van der Waals surface area contributed by atoms with Crippen LogP contribution in [0.3, 0.4) is 0 Å². The fourth-order valence-corrected chi connectivity index (χ4v) is 4.12. The third kappa shape index (κ3) is 3.59. The Morgan fingerprint density at radius 1 is 0.933 bits per heavy atom. The minimum atomic E-state index is 0.0719. The summed E-state index contributed by atoms with van der Waals surface area (Å²) >= 11 is 0. The van der Waals surface area contributed by atoms with Crippen LogP contribution in [-0.4, -0.2) is 67.1 Å². The Labute approximate surface area is 176 Å². The minimum absolute atomic E-state index is 0.0719. The van der Waals surface area contributed by atoms with Gasteiger partial charge in [0, 0.05) is 30.6 Å². The summed E-state index contributed by atoms with van der Waals surface area (Å²) in [6, 6.07) is 15.6. The second kappa shape index (κ2) is 7.95. The maximum atomic E-state index is 13.5. The lowest BCUT2D eigenvalue weighted by Gasteiger charge is -2.22. The molecule has 1 fully saturated rings. The summed E-state index contributed by atoms with van der Waals surface area (Å²) in [4.78, 5) is 22.6. The van der Waals surface area contributed by atoms with Crippen LogP contribution in [0.5, 0.6) is 11.5 Å². The number of para-hydroxylation sites is 1. The van der Waals surface area contributed by atoms with Gasteiger partial charge in [0.25, 0.3) is 5.91 Å². The second-order valence-corrected chi connectivity index (χ2v) is 7.88. The van der Waals surface area contributed by atoms with Gasteiger partial charge in [-0.15, -0.1) is 0 Å². The number of ether oxygens (including phenoxy) is 2. The Bertz CT molecular complexity index is 1100. The Kier molecular flexibility index (Phi) is 5.01. The summed E-state index contributed by atoms with van der Waals surface area (Å²) in [5.74, 6) is 1.54. The molecule has 0 radical (unpaired) electrons. The highest BCUT2D eigenvalue weighted by atomic mass is 16.6. The second-order valence-electron chi connectivity index (χ2n) is 7.88. The van der Waals surface area contributed by atoms with Gasteiger partial charge in [0.15, 0.2) is 11.5 Å². The molecule has 6 nitrogen and oxygen atoms in total. The molecule has 0 spiro atoms. The van der Waals surface area contributed by atoms with Crippen LogP contribution in [0.25, 0.3) is 22.2 Å². The van der Waals surface area contributed by atoms with Gasteiger partial charge in [-0.3, -0.25) is 4.79 Å². The van der Waals surface area contributed by atoms with Crippen LogP contribution in [-0.2, 0) is 0 Å². The van der Waals surface area contributed by atoms with Gasteiger partial charge in [-0.05, 0) is 50.3 Å². The van der Waals surface area contributed by atoms with Gasteiger partial charge in [-0.25, -0.2) is 4.98 Å². The van der Waals surface area contributed by atoms with Crippen LogP contribution < -0.4 is 9.47 Å². The summed E-state index contributed by atoms with van der Waals surface area (Å²) in [6.07, 6.45) is 0.986. The summed E-state index contributed by atoms with van der Waals surface area (Å²) in [5, 5.41) is 0.890. The SMILES string of the molecule is CN1CCCN(C(=O)c2cc(-c3ccc4c(c3)OCCO4)nc3ccccc23)CC1. The van der Waals surface area contributed by atoms with E-state index in [2.05, 4.69) is 11.9 Å². The summed E-state index contributed by atoms with van der Waals surface area (Å²) in [7, 11) is 2.11. The quantitative estimate of drug-likeness (QED) is 0.656. The van der Waals surface area contributed by atoms with Crippen molar-refractivity contribution in [3.05, 3.63) is 54.1 Å². The van der Waals surface area contributed by atoms with E-state index in [1.807, 2.05) is 53.4 Å². The predicted octanol–water partition coefficient (Wildman–Crippen LogP) is 3.45. The lowest BCUT2D eigenvalue weighted by molar-refractivity contribution is 0.0765. The lowest BCUT2D eigenvalue weighted by Crippen LogP contribution is -2.34. The van der Waals surface area contributed by atoms with E-state index in [9.17, 15) is 4.79 Å². The zero-order chi connectivity index (χ0) is 20.5. The van der Waals surface area contributed by atoms with Crippen LogP contribution >= 0.6 is 0 Å². The number of pyridine rings is 1. The number of hydrogen-bond donors (Lipinski definition) is 0. The minimum Gasteiger partial charge on any atom is -0.486 e. The van der Waals surface area contributed by atoms with Crippen molar-refractivity contribution in [2.45, 2.75) is 6.42 Å². The van der Waals surface area contributed by atoms with Crippen LogP contribution in [0.1, 0.15) is 16.8 Å². The first kappa shape index (κ1) is 18.9. The van der Waals surface area contributed by atoms with Crippen molar-refractivity contribution in [2.75, 3.05) is 46.4 Å². The van der Waals surface area contributed by atoms with E-state index in [4.69, 9.17) is 14.5 Å². The Balaban J connectivity index is 1.57. The topological polar surface area (TPSA) is 54.9 Å². The van der Waals surface area contributed by atoms with Crippen molar-refractivity contribution in [3.63, 3.8) is 0 Å². The van der Waals surface area contributed by atoms with E-state index in [1.165, 1.54) is 0 Å². The van der Waals surface area contributed by atoms with Gasteiger partial charge in [-0.1, -0.05) is 18.2 Å². The highest BCUT2D eigenvalue weighted by Gasteiger charge is 2.22. The van der Waals surface area contributed by atoms with Crippen LogP contribution in [0, 0.1) is 0 Å². The third-order valence-corrected chi connectivity index (χ3v) is 5.79. The smallest absolute Gasteiger partial charge is 0.254 e. The molecule has 0 aliphatic carbocycles. The molecule has 2 aliphatic heterocycles. The number of rotatable bonds is 2. The van der Waals surface area contributed by atoms with Crippen molar-refractivity contribution in [1.82, 2.24) is 14.8 Å². The number of carbonyl (C=O) groups is 1. The molecule has 3 aromatic rings. The first-order valence-electron chi connectivity index (χ1n) is 10.5. The van der Waals surface area contributed by atoms with Gasteiger partial charge in [0.05, 0.1) is 16.8 Å². The molecule has 2 aliphatic rings. The van der Waals surface area contributed by atoms with E-state index >= 15 is 0 Å². The largest absolute Gasteiger partial charge is 0.486 e. The molecule has 0 N–H and O–H groups in total. The normalized spacial score (nSPS) is 17.0. The molecule has 0 saturated carbocycles. The maximum Gasteiger partial charge on any atom is 0.254 e. The van der Waals surface area contributed by atoms with Gasteiger partial charge < -0.3 is 19.3 Å². The monoisotopic (exact) mass is 403 g/mol. The molecule has 0 unspecified atom stereocenters. The fourth-order valence-electron chi connectivity index (χ4n) is 4.12. The molecule has 1 saturated heterocycles. The highest BCUT2D eigenvalue weighted by Crippen LogP contribution is 2.35. The number of amides is 1. The molecule has 6 heteroatoms. The summed E-state index contributed by atoms with van der Waals surface area (Å²) in [6.45, 7) is 4.52. The number of fused-ring (bicyclic) bond motifs is 2. The number of nitrogens with zero attached hydrogens (tertiary/aromatic N) is 3. The number of aromatic nitrogens is 1. The highest BCUT2D eigenvalue weighted by molar-refractivity contribution is 6.07. The Hall–Kier alpha value is -3.12. The summed E-state index contributed by atoms with van der Waals surface area (Å²) < 4.78 is 11.4. The Morgan fingerprint density at radius 3 is 2.67 bits per heavy atom. The van der Waals surface area contributed by atoms with Crippen LogP contribution in [0.15, 0.2) is 48.5 Å². The van der Waals surface area contributed by atoms with E-state index in [0.29, 0.717) is 18.8 Å². The zero-order valence-corrected chi connectivity index (χ0v) is 17.1. The average Bonchev–Trinajstić information content (AvgIpc) is 3.02. The van der Waals surface area contributed by atoms with Crippen molar-refractivity contribution >= 4 is 16.8 Å². The number of likely N-dealkylation sites (N-methyl/N-ethyl adjacent to an activating group) is 1. The van der Waals surface area contributed by atoms with Crippen LogP contribution in [0.4, 0.5) is 0 Å². The van der Waals surface area contributed by atoms with Gasteiger partial charge in [0.2, 0.25) is 0 Å². The van der Waals surface area contributed by atoms with Crippen molar-refractivity contribution in [1.29, 1.82) is 0 Å². The number of hydrogen-bond acceptors (Lipinski definition) is 5. The lowest BCUT2D eigenvalue weighted by atomic mass is 10.0. The van der Waals surface area contributed by atoms with Gasteiger partial charge in [0.1, 0.15) is 13.2 Å². The van der Waals surface area contributed by atoms with E-state index in [0.717, 1.165) is 66.3 Å². The number of benzene rings is 2. The Morgan fingerprint density at radius 2 is 1.77 bits per heavy atom. The molecule has 30 heavy (non-hydrogen) atoms. The molecule has 1 amide bonds. The molecule has 1 aromatic heterocycles. The zero-order valence-electron chi connectivity index (χ0n) is 17.1. The molecule has 154 valence electrons. The molecule has 2 aromatic carbocycles. The van der Waals surface area contributed by atoms with Crippen molar-refractivity contribution < 1.29 is 14.3 Å². The predicted molar refractivity (Wildman–Crippen MR) is 116 cm³/mol. The van der Waals surface area contributed by atoms with Gasteiger partial charge >= 0.3 is 0 Å². The molecule has 0 bridgehead atoms. The molecular weight excluding hydrogens is 378 g/mol. The van der Waals surface area contributed by atoms with Crippen molar-refractivity contribution in [2.24, 2.45) is 0 Å². The maximum absolute atomic E-state index is 13.5. The molecule has 3 heterocycles. The first-order valence-corrected chi connectivity index (χ1v) is 10.5. The molecule has 5 rings (SSSR count). The molecular formula is C24H25N3O3. The van der Waals surface area contributed by atoms with E-state index in [1.54, 1.807) is 0 Å². The molecule has 0 atom stereocenters. The van der Waals surface area contributed by atoms with E-state index in [-0.39, 0.29) is 5.91 Å². The van der Waals surface area contributed by atoms with Gasteiger partial charge in [-0.2, -0.15) is 0 Å². The number of carbonyl (C=O) groups excluding carboxylic acids is 1. The average molecular weight is 403 g/mol. The van der Waals surface area contributed by atoms with Crippen molar-refractivity contribution in [3.8, 4) is 22.8 Å².